The lowest BCUT2D eigenvalue weighted by Gasteiger charge is -2.25. The topological polar surface area (TPSA) is 38.8 Å². The highest BCUT2D eigenvalue weighted by atomic mass is 16.5. The number of benzene rings is 2. The third kappa shape index (κ3) is 3.62. The molecule has 0 radical (unpaired) electrons. The number of hydrogen-bond acceptors (Lipinski definition) is 3. The Kier molecular flexibility index (Phi) is 5.38. The van der Waals surface area contributed by atoms with E-state index in [1.807, 2.05) is 43.3 Å². The number of aryl methyl sites for hydroxylation is 1. The first kappa shape index (κ1) is 19.2. The molecule has 2 aromatic rings. The van der Waals surface area contributed by atoms with Gasteiger partial charge in [0.05, 0.1) is 24.4 Å². The largest absolute Gasteiger partial charge is 0.491 e. The maximum absolute atomic E-state index is 13.3. The molecule has 4 heteroatoms. The molecule has 3 rings (SSSR count). The molecule has 0 unspecified atom stereocenters. The van der Waals surface area contributed by atoms with Crippen molar-refractivity contribution in [1.29, 1.82) is 0 Å². The molecule has 4 nitrogen and oxygen atoms in total. The molecule has 0 fully saturated rings. The van der Waals surface area contributed by atoms with Gasteiger partial charge in [-0.05, 0) is 36.2 Å². The van der Waals surface area contributed by atoms with Gasteiger partial charge in [-0.3, -0.25) is 4.79 Å². The molecule has 1 aliphatic heterocycles. The van der Waals surface area contributed by atoms with Gasteiger partial charge in [0.1, 0.15) is 12.4 Å². The molecule has 0 saturated heterocycles. The summed E-state index contributed by atoms with van der Waals surface area (Å²) in [5.74, 6) is 0.587. The van der Waals surface area contributed by atoms with Crippen molar-refractivity contribution in [1.82, 2.24) is 0 Å². The second-order valence-corrected chi connectivity index (χ2v) is 7.54. The second-order valence-electron chi connectivity index (χ2n) is 7.54. The molecule has 27 heavy (non-hydrogen) atoms. The highest BCUT2D eigenvalue weighted by Crippen LogP contribution is 2.33. The first-order chi connectivity index (χ1) is 12.9. The van der Waals surface area contributed by atoms with E-state index in [2.05, 4.69) is 20.4 Å². The molecule has 2 aromatic carbocycles. The standard InChI is InChI=1S/C23H27NO3/c1-6-18-16(2)8-7-9-20(18)24-12-13-27-21-14-17(23(3,4)15-26-5)10-11-19(21)22(24)25/h6-11,14H,1,12-13,15H2,2-5H3. The molecule has 0 atom stereocenters. The van der Waals surface area contributed by atoms with E-state index in [9.17, 15) is 4.79 Å². The number of methoxy groups -OCH3 is 1. The van der Waals surface area contributed by atoms with Crippen molar-refractivity contribution in [2.75, 3.05) is 31.8 Å². The fourth-order valence-corrected chi connectivity index (χ4v) is 3.57. The van der Waals surface area contributed by atoms with E-state index in [4.69, 9.17) is 9.47 Å². The minimum absolute atomic E-state index is 0.0488. The zero-order chi connectivity index (χ0) is 19.6. The van der Waals surface area contributed by atoms with E-state index in [0.717, 1.165) is 22.4 Å². The van der Waals surface area contributed by atoms with Gasteiger partial charge in [0.25, 0.3) is 5.91 Å². The number of hydrogen-bond donors (Lipinski definition) is 0. The molecule has 142 valence electrons. The maximum Gasteiger partial charge on any atom is 0.262 e. The van der Waals surface area contributed by atoms with Gasteiger partial charge >= 0.3 is 0 Å². The summed E-state index contributed by atoms with van der Waals surface area (Å²) in [6.07, 6.45) is 1.81. The first-order valence-corrected chi connectivity index (χ1v) is 9.19. The molecular weight excluding hydrogens is 338 g/mol. The average Bonchev–Trinajstić information content (AvgIpc) is 2.80. The van der Waals surface area contributed by atoms with Gasteiger partial charge in [-0.1, -0.05) is 44.7 Å². The smallest absolute Gasteiger partial charge is 0.262 e. The van der Waals surface area contributed by atoms with Gasteiger partial charge in [0.15, 0.2) is 0 Å². The fraction of sp³-hybridized carbons (Fsp3) is 0.348. The van der Waals surface area contributed by atoms with Crippen molar-refractivity contribution in [2.45, 2.75) is 26.2 Å². The normalized spacial score (nSPS) is 14.4. The molecule has 0 aliphatic carbocycles. The highest BCUT2D eigenvalue weighted by Gasteiger charge is 2.28. The Labute approximate surface area is 161 Å². The summed E-state index contributed by atoms with van der Waals surface area (Å²) >= 11 is 0. The van der Waals surface area contributed by atoms with Crippen molar-refractivity contribution in [3.8, 4) is 5.75 Å². The molecule has 1 amide bonds. The number of carbonyl (C=O) groups is 1. The Bertz CT molecular complexity index is 870. The number of fused-ring (bicyclic) bond motifs is 1. The third-order valence-corrected chi connectivity index (χ3v) is 5.11. The van der Waals surface area contributed by atoms with Crippen LogP contribution in [0.4, 0.5) is 5.69 Å². The lowest BCUT2D eigenvalue weighted by atomic mass is 9.85. The van der Waals surface area contributed by atoms with Crippen LogP contribution in [0.25, 0.3) is 6.08 Å². The molecule has 1 aliphatic rings. The highest BCUT2D eigenvalue weighted by molar-refractivity contribution is 6.09. The molecule has 1 heterocycles. The summed E-state index contributed by atoms with van der Waals surface area (Å²) in [6, 6.07) is 11.8. The van der Waals surface area contributed by atoms with Crippen LogP contribution in [0.5, 0.6) is 5.75 Å². The first-order valence-electron chi connectivity index (χ1n) is 9.19. The van der Waals surface area contributed by atoms with E-state index in [1.54, 1.807) is 18.1 Å². The summed E-state index contributed by atoms with van der Waals surface area (Å²) in [6.45, 7) is 11.7. The Morgan fingerprint density at radius 2 is 2.07 bits per heavy atom. The van der Waals surface area contributed by atoms with Crippen LogP contribution in [-0.2, 0) is 10.2 Å². The molecule has 0 aromatic heterocycles. The Hall–Kier alpha value is -2.59. The average molecular weight is 365 g/mol. The van der Waals surface area contributed by atoms with Crippen molar-refractivity contribution >= 4 is 17.7 Å². The molecule has 0 bridgehead atoms. The minimum atomic E-state index is -0.158. The van der Waals surface area contributed by atoms with E-state index in [0.29, 0.717) is 31.1 Å². The van der Waals surface area contributed by atoms with Gasteiger partial charge in [-0.25, -0.2) is 0 Å². The van der Waals surface area contributed by atoms with Crippen LogP contribution in [0.1, 0.15) is 40.9 Å². The van der Waals surface area contributed by atoms with Crippen molar-refractivity contribution < 1.29 is 14.3 Å². The van der Waals surface area contributed by atoms with Crippen LogP contribution in [-0.4, -0.2) is 32.8 Å². The number of carbonyl (C=O) groups excluding carboxylic acids is 1. The van der Waals surface area contributed by atoms with Crippen molar-refractivity contribution in [3.05, 3.63) is 65.2 Å². The van der Waals surface area contributed by atoms with E-state index in [-0.39, 0.29) is 11.3 Å². The van der Waals surface area contributed by atoms with Crippen LogP contribution in [0.15, 0.2) is 43.0 Å². The lowest BCUT2D eigenvalue weighted by Crippen LogP contribution is -2.33. The Balaban J connectivity index is 2.02. The summed E-state index contributed by atoms with van der Waals surface area (Å²) in [5, 5.41) is 0. The zero-order valence-corrected chi connectivity index (χ0v) is 16.5. The number of ether oxygens (including phenoxy) is 2. The van der Waals surface area contributed by atoms with Crippen molar-refractivity contribution in [2.24, 2.45) is 0 Å². The van der Waals surface area contributed by atoms with Crippen molar-refractivity contribution in [3.63, 3.8) is 0 Å². The lowest BCUT2D eigenvalue weighted by molar-refractivity contribution is 0.0989. The van der Waals surface area contributed by atoms with E-state index < -0.39 is 0 Å². The van der Waals surface area contributed by atoms with Crippen LogP contribution in [0.2, 0.25) is 0 Å². The predicted octanol–water partition coefficient (Wildman–Crippen LogP) is 4.60. The second kappa shape index (κ2) is 7.57. The quantitative estimate of drug-likeness (QED) is 0.777. The number of amides is 1. The Morgan fingerprint density at radius 3 is 2.78 bits per heavy atom. The van der Waals surface area contributed by atoms with Gasteiger partial charge in [-0.2, -0.15) is 0 Å². The van der Waals surface area contributed by atoms with Gasteiger partial charge in [0, 0.05) is 18.1 Å². The van der Waals surface area contributed by atoms with Crippen LogP contribution in [0.3, 0.4) is 0 Å². The van der Waals surface area contributed by atoms with Crippen LogP contribution in [0, 0.1) is 6.92 Å². The summed E-state index contributed by atoms with van der Waals surface area (Å²) in [5.41, 5.74) is 4.46. The van der Waals surface area contributed by atoms with E-state index >= 15 is 0 Å². The summed E-state index contributed by atoms with van der Waals surface area (Å²) in [7, 11) is 1.70. The number of anilines is 1. The Morgan fingerprint density at radius 1 is 1.30 bits per heavy atom. The SMILES string of the molecule is C=Cc1c(C)cccc1N1CCOc2cc(C(C)(C)COC)ccc2C1=O. The van der Waals surface area contributed by atoms with Gasteiger partial charge < -0.3 is 14.4 Å². The molecule has 0 spiro atoms. The predicted molar refractivity (Wildman–Crippen MR) is 110 cm³/mol. The zero-order valence-electron chi connectivity index (χ0n) is 16.5. The summed E-state index contributed by atoms with van der Waals surface area (Å²) in [4.78, 5) is 15.1. The fourth-order valence-electron chi connectivity index (χ4n) is 3.57. The van der Waals surface area contributed by atoms with Gasteiger partial charge in [-0.15, -0.1) is 0 Å². The number of rotatable bonds is 5. The van der Waals surface area contributed by atoms with Gasteiger partial charge in [0.2, 0.25) is 0 Å². The molecule has 0 N–H and O–H groups in total. The van der Waals surface area contributed by atoms with Crippen LogP contribution < -0.4 is 9.64 Å². The maximum atomic E-state index is 13.3. The minimum Gasteiger partial charge on any atom is -0.491 e. The third-order valence-electron chi connectivity index (χ3n) is 5.11. The summed E-state index contributed by atoms with van der Waals surface area (Å²) < 4.78 is 11.3. The molecular formula is C23H27NO3. The molecule has 0 saturated carbocycles. The monoisotopic (exact) mass is 365 g/mol. The van der Waals surface area contributed by atoms with E-state index in [1.165, 1.54) is 0 Å². The van der Waals surface area contributed by atoms with Crippen LogP contribution >= 0.6 is 0 Å². The number of nitrogens with zero attached hydrogens (tertiary/aromatic N) is 1.